The standard InChI is InChI=1S/C14H20N2O2/c1-11(10-17)15-14(18)16-9-5-8-13(16)12-6-3-2-4-7-12/h2-4,6-7,11,13,17H,5,8-10H2,1H3,(H,15,18)/t11-,13?/m1/s1. The van der Waals surface area contributed by atoms with Crippen LogP contribution >= 0.6 is 0 Å². The van der Waals surface area contributed by atoms with Gasteiger partial charge in [0, 0.05) is 6.54 Å². The zero-order valence-electron chi connectivity index (χ0n) is 10.7. The van der Waals surface area contributed by atoms with Crippen molar-refractivity contribution in [3.05, 3.63) is 35.9 Å². The number of urea groups is 1. The highest BCUT2D eigenvalue weighted by atomic mass is 16.3. The summed E-state index contributed by atoms with van der Waals surface area (Å²) in [6.45, 7) is 2.55. The van der Waals surface area contributed by atoms with Gasteiger partial charge in [-0.25, -0.2) is 4.79 Å². The molecule has 0 radical (unpaired) electrons. The number of amides is 2. The molecule has 0 bridgehead atoms. The van der Waals surface area contributed by atoms with E-state index in [0.717, 1.165) is 19.4 Å². The molecule has 2 N–H and O–H groups in total. The van der Waals surface area contributed by atoms with Gasteiger partial charge in [0.15, 0.2) is 0 Å². The van der Waals surface area contributed by atoms with Crippen LogP contribution in [0, 0.1) is 0 Å². The van der Waals surface area contributed by atoms with E-state index in [1.165, 1.54) is 5.56 Å². The topological polar surface area (TPSA) is 52.6 Å². The lowest BCUT2D eigenvalue weighted by Gasteiger charge is -2.26. The van der Waals surface area contributed by atoms with Crippen LogP contribution in [0.4, 0.5) is 4.79 Å². The SMILES string of the molecule is C[C@H](CO)NC(=O)N1CCCC1c1ccccc1. The summed E-state index contributed by atoms with van der Waals surface area (Å²) in [5.74, 6) is 0. The molecule has 2 amide bonds. The second-order valence-corrected chi connectivity index (χ2v) is 4.80. The van der Waals surface area contributed by atoms with Crippen molar-refractivity contribution in [3.63, 3.8) is 0 Å². The second kappa shape index (κ2) is 5.87. The average Bonchev–Trinajstić information content (AvgIpc) is 2.88. The molecule has 1 fully saturated rings. The molecule has 98 valence electrons. The van der Waals surface area contributed by atoms with Gasteiger partial charge in [0.1, 0.15) is 0 Å². The first kappa shape index (κ1) is 12.9. The van der Waals surface area contributed by atoms with Gasteiger partial charge in [-0.2, -0.15) is 0 Å². The normalized spacial score (nSPS) is 20.8. The number of hydrogen-bond acceptors (Lipinski definition) is 2. The monoisotopic (exact) mass is 248 g/mol. The van der Waals surface area contributed by atoms with E-state index in [9.17, 15) is 4.79 Å². The number of rotatable bonds is 3. The van der Waals surface area contributed by atoms with Crippen LogP contribution in [-0.4, -0.2) is 35.2 Å². The van der Waals surface area contributed by atoms with E-state index in [1.54, 1.807) is 6.92 Å². The lowest BCUT2D eigenvalue weighted by Crippen LogP contribution is -2.44. The van der Waals surface area contributed by atoms with Gasteiger partial charge in [-0.05, 0) is 25.3 Å². The number of hydrogen-bond donors (Lipinski definition) is 2. The molecule has 1 aliphatic heterocycles. The summed E-state index contributed by atoms with van der Waals surface area (Å²) in [4.78, 5) is 14.0. The van der Waals surface area contributed by atoms with Crippen LogP contribution in [0.15, 0.2) is 30.3 Å². The fourth-order valence-corrected chi connectivity index (χ4v) is 2.37. The molecule has 18 heavy (non-hydrogen) atoms. The minimum atomic E-state index is -0.200. The van der Waals surface area contributed by atoms with Crippen molar-refractivity contribution in [2.24, 2.45) is 0 Å². The Morgan fingerprint density at radius 2 is 2.22 bits per heavy atom. The summed E-state index contributed by atoms with van der Waals surface area (Å²) in [6.07, 6.45) is 2.03. The Labute approximate surface area is 108 Å². The van der Waals surface area contributed by atoms with Crippen LogP contribution in [0.1, 0.15) is 31.4 Å². The van der Waals surface area contributed by atoms with Crippen LogP contribution < -0.4 is 5.32 Å². The van der Waals surface area contributed by atoms with Crippen LogP contribution in [-0.2, 0) is 0 Å². The molecule has 0 aliphatic carbocycles. The van der Waals surface area contributed by atoms with Crippen molar-refractivity contribution in [1.29, 1.82) is 0 Å². The van der Waals surface area contributed by atoms with Crippen LogP contribution in [0.2, 0.25) is 0 Å². The highest BCUT2D eigenvalue weighted by molar-refractivity contribution is 5.75. The van der Waals surface area contributed by atoms with E-state index in [2.05, 4.69) is 17.4 Å². The maximum Gasteiger partial charge on any atom is 0.318 e. The average molecular weight is 248 g/mol. The fourth-order valence-electron chi connectivity index (χ4n) is 2.37. The van der Waals surface area contributed by atoms with Crippen LogP contribution in [0.3, 0.4) is 0 Å². The third kappa shape index (κ3) is 2.82. The number of nitrogens with one attached hydrogen (secondary N) is 1. The first-order valence-corrected chi connectivity index (χ1v) is 6.45. The summed E-state index contributed by atoms with van der Waals surface area (Å²) >= 11 is 0. The summed E-state index contributed by atoms with van der Waals surface area (Å²) in [6, 6.07) is 9.99. The lowest BCUT2D eigenvalue weighted by atomic mass is 10.1. The molecular formula is C14H20N2O2. The lowest BCUT2D eigenvalue weighted by molar-refractivity contribution is 0.180. The Morgan fingerprint density at radius 1 is 1.50 bits per heavy atom. The first-order chi connectivity index (χ1) is 8.72. The second-order valence-electron chi connectivity index (χ2n) is 4.80. The van der Waals surface area contributed by atoms with E-state index in [0.29, 0.717) is 0 Å². The third-order valence-electron chi connectivity index (χ3n) is 3.34. The molecule has 2 rings (SSSR count). The predicted molar refractivity (Wildman–Crippen MR) is 70.2 cm³/mol. The molecule has 1 aromatic rings. The van der Waals surface area contributed by atoms with Crippen molar-refractivity contribution < 1.29 is 9.90 Å². The molecule has 0 saturated carbocycles. The van der Waals surface area contributed by atoms with Gasteiger partial charge < -0.3 is 15.3 Å². The zero-order chi connectivity index (χ0) is 13.0. The number of carbonyl (C=O) groups is 1. The minimum absolute atomic E-state index is 0.0322. The number of carbonyl (C=O) groups excluding carboxylic acids is 1. The molecule has 1 aliphatic rings. The highest BCUT2D eigenvalue weighted by Gasteiger charge is 2.30. The van der Waals surface area contributed by atoms with Gasteiger partial charge in [0.2, 0.25) is 0 Å². The third-order valence-corrected chi connectivity index (χ3v) is 3.34. The maximum atomic E-state index is 12.1. The van der Waals surface area contributed by atoms with Gasteiger partial charge in [-0.15, -0.1) is 0 Å². The number of likely N-dealkylation sites (tertiary alicyclic amines) is 1. The molecule has 1 aromatic carbocycles. The van der Waals surface area contributed by atoms with Gasteiger partial charge in [0.05, 0.1) is 18.7 Å². The summed E-state index contributed by atoms with van der Waals surface area (Å²) in [5.41, 5.74) is 1.18. The fraction of sp³-hybridized carbons (Fsp3) is 0.500. The number of benzene rings is 1. The molecule has 1 unspecified atom stereocenters. The minimum Gasteiger partial charge on any atom is -0.394 e. The summed E-state index contributed by atoms with van der Waals surface area (Å²) < 4.78 is 0. The summed E-state index contributed by atoms with van der Waals surface area (Å²) in [7, 11) is 0. The van der Waals surface area contributed by atoms with E-state index in [4.69, 9.17) is 5.11 Å². The highest BCUT2D eigenvalue weighted by Crippen LogP contribution is 2.31. The predicted octanol–water partition coefficient (Wildman–Crippen LogP) is 1.91. The molecular weight excluding hydrogens is 228 g/mol. The number of nitrogens with zero attached hydrogens (tertiary/aromatic N) is 1. The van der Waals surface area contributed by atoms with Crippen molar-refractivity contribution in [3.8, 4) is 0 Å². The van der Waals surface area contributed by atoms with Crippen molar-refractivity contribution in [2.75, 3.05) is 13.2 Å². The van der Waals surface area contributed by atoms with Gasteiger partial charge in [-0.3, -0.25) is 0 Å². The Hall–Kier alpha value is -1.55. The van der Waals surface area contributed by atoms with Gasteiger partial charge in [-0.1, -0.05) is 30.3 Å². The molecule has 2 atom stereocenters. The molecule has 1 heterocycles. The van der Waals surface area contributed by atoms with Gasteiger partial charge in [0.25, 0.3) is 0 Å². The Balaban J connectivity index is 2.06. The quantitative estimate of drug-likeness (QED) is 0.858. The Kier molecular flexibility index (Phi) is 4.20. The number of aliphatic hydroxyl groups is 1. The van der Waals surface area contributed by atoms with Crippen molar-refractivity contribution >= 4 is 6.03 Å². The van der Waals surface area contributed by atoms with Crippen molar-refractivity contribution in [1.82, 2.24) is 10.2 Å². The molecule has 0 spiro atoms. The van der Waals surface area contributed by atoms with E-state index >= 15 is 0 Å². The first-order valence-electron chi connectivity index (χ1n) is 6.45. The molecule has 0 aromatic heterocycles. The Bertz CT molecular complexity index is 394. The van der Waals surface area contributed by atoms with Gasteiger partial charge >= 0.3 is 6.03 Å². The number of aliphatic hydroxyl groups excluding tert-OH is 1. The van der Waals surface area contributed by atoms with Crippen molar-refractivity contribution in [2.45, 2.75) is 31.8 Å². The van der Waals surface area contributed by atoms with E-state index in [1.807, 2.05) is 23.1 Å². The molecule has 4 nitrogen and oxygen atoms in total. The van der Waals surface area contributed by atoms with Crippen LogP contribution in [0.25, 0.3) is 0 Å². The van der Waals surface area contributed by atoms with Crippen LogP contribution in [0.5, 0.6) is 0 Å². The smallest absolute Gasteiger partial charge is 0.318 e. The molecule has 4 heteroatoms. The van der Waals surface area contributed by atoms with E-state index in [-0.39, 0.29) is 24.7 Å². The molecule has 1 saturated heterocycles. The maximum absolute atomic E-state index is 12.1. The Morgan fingerprint density at radius 3 is 2.89 bits per heavy atom. The zero-order valence-corrected chi connectivity index (χ0v) is 10.7. The summed E-state index contributed by atoms with van der Waals surface area (Å²) in [5, 5.41) is 11.8. The largest absolute Gasteiger partial charge is 0.394 e. The van der Waals surface area contributed by atoms with E-state index < -0.39 is 0 Å².